The molecule has 0 aromatic heterocycles. The zero-order chi connectivity index (χ0) is 23.8. The fraction of sp³-hybridized carbons (Fsp3) is 0.750. The zero-order valence-corrected chi connectivity index (χ0v) is 22.4. The molecule has 0 aliphatic carbocycles. The number of rotatable bonds is 19. The molecule has 0 saturated heterocycles. The summed E-state index contributed by atoms with van der Waals surface area (Å²) in [5.41, 5.74) is 1.25. The maximum atomic E-state index is 13.1. The summed E-state index contributed by atoms with van der Waals surface area (Å²) in [6.07, 6.45) is 16.1. The van der Waals surface area contributed by atoms with Crippen molar-refractivity contribution in [2.45, 2.75) is 111 Å². The molecule has 0 N–H and O–H groups in total. The van der Waals surface area contributed by atoms with Crippen LogP contribution in [0.3, 0.4) is 0 Å². The number of hydrogen-bond acceptors (Lipinski definition) is 3. The lowest BCUT2D eigenvalue weighted by molar-refractivity contribution is -0.121. The van der Waals surface area contributed by atoms with Crippen molar-refractivity contribution in [3.05, 3.63) is 29.8 Å². The third kappa shape index (κ3) is 12.9. The van der Waals surface area contributed by atoms with Crippen LogP contribution < -0.4 is 5.30 Å². The summed E-state index contributed by atoms with van der Waals surface area (Å²) in [6.45, 7) is 10.2. The van der Waals surface area contributed by atoms with Gasteiger partial charge in [-0.1, -0.05) is 104 Å². The molecule has 0 bridgehead atoms. The van der Waals surface area contributed by atoms with Crippen molar-refractivity contribution in [1.29, 1.82) is 0 Å². The Hall–Kier alpha value is -0.920. The highest BCUT2D eigenvalue weighted by Gasteiger charge is 2.23. The predicted molar refractivity (Wildman–Crippen MR) is 139 cm³/mol. The maximum absolute atomic E-state index is 13.1. The topological polar surface area (TPSA) is 43.4 Å². The summed E-state index contributed by atoms with van der Waals surface area (Å²) in [7, 11) is -2.91. The van der Waals surface area contributed by atoms with Crippen LogP contribution in [0, 0.1) is 11.8 Å². The number of ketones is 1. The van der Waals surface area contributed by atoms with Crippen LogP contribution in [0.15, 0.2) is 24.3 Å². The van der Waals surface area contributed by atoms with Crippen LogP contribution in [0.2, 0.25) is 0 Å². The minimum Gasteiger partial charge on any atom is -0.325 e. The van der Waals surface area contributed by atoms with E-state index in [0.29, 0.717) is 5.92 Å². The predicted octanol–water partition coefficient (Wildman–Crippen LogP) is 8.34. The van der Waals surface area contributed by atoms with Crippen molar-refractivity contribution >= 4 is 18.5 Å². The first-order valence-electron chi connectivity index (χ1n) is 13.1. The van der Waals surface area contributed by atoms with Gasteiger partial charge in [0.25, 0.3) is 0 Å². The van der Waals surface area contributed by atoms with Crippen molar-refractivity contribution in [3.8, 4) is 0 Å². The van der Waals surface area contributed by atoms with Gasteiger partial charge < -0.3 is 4.52 Å². The largest absolute Gasteiger partial charge is 0.325 e. The molecule has 0 heterocycles. The van der Waals surface area contributed by atoms with E-state index in [1.165, 1.54) is 69.8 Å². The minimum atomic E-state index is -2.91. The van der Waals surface area contributed by atoms with Gasteiger partial charge in [-0.2, -0.15) is 0 Å². The fourth-order valence-electron chi connectivity index (χ4n) is 4.14. The Morgan fingerprint density at radius 1 is 0.875 bits per heavy atom. The van der Waals surface area contributed by atoms with Crippen LogP contribution in [0.5, 0.6) is 0 Å². The van der Waals surface area contributed by atoms with Crippen molar-refractivity contribution in [2.24, 2.45) is 11.8 Å². The Kier molecular flexibility index (Phi) is 15.2. The molecule has 0 spiro atoms. The van der Waals surface area contributed by atoms with Crippen LogP contribution in [-0.2, 0) is 20.3 Å². The molecule has 1 aromatic carbocycles. The van der Waals surface area contributed by atoms with E-state index in [0.717, 1.165) is 24.6 Å². The highest BCUT2D eigenvalue weighted by molar-refractivity contribution is 7.66. The summed E-state index contributed by atoms with van der Waals surface area (Å²) >= 11 is 0. The van der Waals surface area contributed by atoms with Crippen molar-refractivity contribution < 1.29 is 13.9 Å². The Balaban J connectivity index is 2.29. The molecule has 0 fully saturated rings. The van der Waals surface area contributed by atoms with E-state index in [-0.39, 0.29) is 18.3 Å². The molecule has 0 aliphatic heterocycles. The van der Waals surface area contributed by atoms with Crippen LogP contribution in [0.1, 0.15) is 110 Å². The summed E-state index contributed by atoms with van der Waals surface area (Å²) in [5, 5.41) is 0.738. The van der Waals surface area contributed by atoms with Crippen LogP contribution in [-0.4, -0.2) is 19.1 Å². The molecule has 2 unspecified atom stereocenters. The van der Waals surface area contributed by atoms with E-state index in [4.69, 9.17) is 4.52 Å². The van der Waals surface area contributed by atoms with Gasteiger partial charge in [0.05, 0.1) is 6.61 Å². The first-order chi connectivity index (χ1) is 15.3. The van der Waals surface area contributed by atoms with Crippen LogP contribution >= 0.6 is 7.37 Å². The van der Waals surface area contributed by atoms with E-state index in [1.54, 1.807) is 13.6 Å². The molecule has 1 aromatic rings. The van der Waals surface area contributed by atoms with E-state index in [9.17, 15) is 9.36 Å². The highest BCUT2D eigenvalue weighted by Crippen LogP contribution is 2.42. The molecular weight excluding hydrogens is 415 g/mol. The number of unbranched alkanes of at least 4 members (excludes halogenated alkanes) is 10. The van der Waals surface area contributed by atoms with Crippen molar-refractivity contribution in [3.63, 3.8) is 0 Å². The first-order valence-corrected chi connectivity index (χ1v) is 15.2. The number of benzene rings is 1. The number of Topliss-reactive ketones (excluding diaryl/α,β-unsaturated/α-hetero) is 1. The van der Waals surface area contributed by atoms with Crippen LogP contribution in [0.25, 0.3) is 0 Å². The molecule has 0 amide bonds. The summed E-state index contributed by atoms with van der Waals surface area (Å²) in [4.78, 5) is 12.1. The molecule has 2 atom stereocenters. The number of carbonyl (C=O) groups is 1. The molecule has 1 rings (SSSR count). The Labute approximate surface area is 198 Å². The smallest absolute Gasteiger partial charge is 0.229 e. The third-order valence-corrected chi connectivity index (χ3v) is 8.18. The molecule has 0 saturated carbocycles. The van der Waals surface area contributed by atoms with Gasteiger partial charge in [-0.15, -0.1) is 0 Å². The van der Waals surface area contributed by atoms with E-state index in [2.05, 4.69) is 20.8 Å². The van der Waals surface area contributed by atoms with Gasteiger partial charge >= 0.3 is 0 Å². The lowest BCUT2D eigenvalue weighted by atomic mass is 9.97. The second-order valence-electron chi connectivity index (χ2n) is 10.0. The second-order valence-corrected chi connectivity index (χ2v) is 12.5. The quantitative estimate of drug-likeness (QED) is 0.153. The molecular formula is C28H49O3P. The third-order valence-electron chi connectivity index (χ3n) is 6.30. The second kappa shape index (κ2) is 16.7. The first kappa shape index (κ1) is 29.1. The zero-order valence-electron chi connectivity index (χ0n) is 21.5. The van der Waals surface area contributed by atoms with Gasteiger partial charge in [0.15, 0.2) is 0 Å². The van der Waals surface area contributed by atoms with Crippen LogP contribution in [0.4, 0.5) is 0 Å². The monoisotopic (exact) mass is 464 g/mol. The Bertz CT molecular complexity index is 666. The normalized spacial score (nSPS) is 14.4. The van der Waals surface area contributed by atoms with Gasteiger partial charge in [-0.05, 0) is 43.4 Å². The summed E-state index contributed by atoms with van der Waals surface area (Å²) in [6, 6.07) is 7.93. The molecule has 4 heteroatoms. The fourth-order valence-corrected chi connectivity index (χ4v) is 5.44. The molecule has 184 valence electrons. The lowest BCUT2D eigenvalue weighted by Gasteiger charge is -2.19. The Morgan fingerprint density at radius 2 is 1.38 bits per heavy atom. The van der Waals surface area contributed by atoms with E-state index in [1.807, 2.05) is 24.3 Å². The summed E-state index contributed by atoms with van der Waals surface area (Å²) < 4.78 is 18.9. The molecule has 3 nitrogen and oxygen atoms in total. The maximum Gasteiger partial charge on any atom is 0.229 e. The van der Waals surface area contributed by atoms with Gasteiger partial charge in [-0.25, -0.2) is 0 Å². The average Bonchev–Trinajstić information content (AvgIpc) is 2.73. The van der Waals surface area contributed by atoms with E-state index >= 15 is 0 Å². The SMILES string of the molecule is CCCCCCCCCCCCCC(COP(C)(=O)c1ccc(CC(C)C)cc1)C(C)=O. The van der Waals surface area contributed by atoms with Gasteiger partial charge in [-0.3, -0.25) is 9.36 Å². The average molecular weight is 465 g/mol. The Morgan fingerprint density at radius 3 is 1.84 bits per heavy atom. The number of hydrogen-bond donors (Lipinski definition) is 0. The molecule has 0 aliphatic rings. The highest BCUT2D eigenvalue weighted by atomic mass is 31.2. The standard InChI is InChI=1S/C28H49O3P/c1-6-7-8-9-10-11-12-13-14-15-16-17-27(25(4)29)23-31-32(5,30)28-20-18-26(19-21-28)22-24(2)3/h18-21,24,27H,6-17,22-23H2,1-5H3. The number of carbonyl (C=O) groups excluding carboxylic acids is 1. The van der Waals surface area contributed by atoms with Crippen molar-refractivity contribution in [1.82, 2.24) is 0 Å². The minimum absolute atomic E-state index is 0.143. The van der Waals surface area contributed by atoms with Gasteiger partial charge in [0, 0.05) is 17.9 Å². The van der Waals surface area contributed by atoms with E-state index < -0.39 is 7.37 Å². The molecule has 0 radical (unpaired) electrons. The van der Waals surface area contributed by atoms with Crippen molar-refractivity contribution in [2.75, 3.05) is 13.3 Å². The lowest BCUT2D eigenvalue weighted by Crippen LogP contribution is -2.19. The summed E-state index contributed by atoms with van der Waals surface area (Å²) in [5.74, 6) is 0.587. The van der Waals surface area contributed by atoms with Gasteiger partial charge in [0.2, 0.25) is 7.37 Å². The molecule has 32 heavy (non-hydrogen) atoms. The van der Waals surface area contributed by atoms with Gasteiger partial charge in [0.1, 0.15) is 5.78 Å².